The van der Waals surface area contributed by atoms with Gasteiger partial charge in [-0.05, 0) is 23.6 Å². The molecule has 28 heavy (non-hydrogen) atoms. The Morgan fingerprint density at radius 2 is 2.11 bits per heavy atom. The minimum Gasteiger partial charge on any atom is -0.508 e. The summed E-state index contributed by atoms with van der Waals surface area (Å²) < 4.78 is 41.7. The van der Waals surface area contributed by atoms with E-state index < -0.39 is 24.2 Å². The first-order valence-electron chi connectivity index (χ1n) is 8.38. The summed E-state index contributed by atoms with van der Waals surface area (Å²) in [5.41, 5.74) is 0.166. The number of rotatable bonds is 3. The first kappa shape index (κ1) is 18.4. The number of nitrogens with zero attached hydrogens (tertiary/aromatic N) is 2. The minimum atomic E-state index is -4.50. The molecule has 3 heterocycles. The molecule has 0 radical (unpaired) electrons. The molecule has 2 aromatic heterocycles. The van der Waals surface area contributed by atoms with Crippen molar-refractivity contribution in [2.24, 2.45) is 0 Å². The highest BCUT2D eigenvalue weighted by molar-refractivity contribution is 7.10. The van der Waals surface area contributed by atoms with E-state index in [1.807, 2.05) is 0 Å². The second-order valence-electron chi connectivity index (χ2n) is 6.37. The molecular formula is C18H15F3N4O2S. The molecule has 0 spiro atoms. The first-order chi connectivity index (χ1) is 13.3. The number of phenols is 1. The number of hydrogen-bond acceptors (Lipinski definition) is 5. The normalized spacial score (nSPS) is 19.0. The van der Waals surface area contributed by atoms with Crippen LogP contribution in [0.3, 0.4) is 0 Å². The number of hydrogen-bond donors (Lipinski definition) is 3. The van der Waals surface area contributed by atoms with Crippen LogP contribution in [0.1, 0.15) is 33.9 Å². The van der Waals surface area contributed by atoms with Crippen LogP contribution in [0.15, 0.2) is 47.8 Å². The Hall–Kier alpha value is -3.01. The van der Waals surface area contributed by atoms with Gasteiger partial charge in [0.1, 0.15) is 11.6 Å². The number of benzene rings is 1. The van der Waals surface area contributed by atoms with E-state index in [4.69, 9.17) is 0 Å². The Kier molecular flexibility index (Phi) is 4.50. The molecule has 0 saturated carbocycles. The molecule has 4 rings (SSSR count). The minimum absolute atomic E-state index is 0.0421. The number of phenolic OH excluding ortho intramolecular Hbond substituents is 1. The molecule has 1 aliphatic heterocycles. The molecule has 3 aromatic rings. The van der Waals surface area contributed by atoms with Crippen LogP contribution in [0.2, 0.25) is 0 Å². The third-order valence-corrected chi connectivity index (χ3v) is 5.40. The van der Waals surface area contributed by atoms with Crippen LogP contribution in [0.25, 0.3) is 0 Å². The van der Waals surface area contributed by atoms with Crippen LogP contribution >= 0.6 is 11.3 Å². The SMILES string of the molecule is O=C(Nc1cccc(O)c1)c1cc2n(n1)[C@H](C(F)(F)F)C[C@H](c1cccs1)N2. The summed E-state index contributed by atoms with van der Waals surface area (Å²) in [4.78, 5) is 13.2. The highest BCUT2D eigenvalue weighted by Gasteiger charge is 2.47. The molecule has 1 aliphatic rings. The van der Waals surface area contributed by atoms with E-state index in [9.17, 15) is 23.1 Å². The Bertz CT molecular complexity index is 1000. The van der Waals surface area contributed by atoms with Crippen molar-refractivity contribution in [2.45, 2.75) is 24.7 Å². The second-order valence-corrected chi connectivity index (χ2v) is 7.35. The van der Waals surface area contributed by atoms with Crippen molar-refractivity contribution in [2.75, 3.05) is 10.6 Å². The smallest absolute Gasteiger partial charge is 0.410 e. The number of fused-ring (bicyclic) bond motifs is 1. The average molecular weight is 408 g/mol. The number of thiophene rings is 1. The van der Waals surface area contributed by atoms with Crippen molar-refractivity contribution in [3.8, 4) is 5.75 Å². The van der Waals surface area contributed by atoms with Gasteiger partial charge < -0.3 is 15.7 Å². The largest absolute Gasteiger partial charge is 0.508 e. The van der Waals surface area contributed by atoms with Gasteiger partial charge in [0.25, 0.3) is 5.91 Å². The number of anilines is 2. The molecule has 10 heteroatoms. The predicted octanol–water partition coefficient (Wildman–Crippen LogP) is 4.56. The van der Waals surface area contributed by atoms with E-state index in [1.165, 1.54) is 35.6 Å². The van der Waals surface area contributed by atoms with Crippen molar-refractivity contribution in [3.05, 3.63) is 58.4 Å². The van der Waals surface area contributed by atoms with Crippen LogP contribution in [-0.4, -0.2) is 27.0 Å². The Morgan fingerprint density at radius 1 is 1.29 bits per heavy atom. The number of aromatic hydroxyl groups is 1. The number of amides is 1. The Labute approximate surface area is 161 Å². The zero-order valence-corrected chi connectivity index (χ0v) is 15.1. The molecule has 3 N–H and O–H groups in total. The van der Waals surface area contributed by atoms with Crippen molar-refractivity contribution < 1.29 is 23.1 Å². The number of carbonyl (C=O) groups excluding carboxylic acids is 1. The third kappa shape index (κ3) is 3.55. The highest BCUT2D eigenvalue weighted by atomic mass is 32.1. The summed E-state index contributed by atoms with van der Waals surface area (Å²) in [5, 5.41) is 20.7. The van der Waals surface area contributed by atoms with Gasteiger partial charge in [-0.1, -0.05) is 12.1 Å². The number of halogens is 3. The lowest BCUT2D eigenvalue weighted by molar-refractivity contribution is -0.173. The van der Waals surface area contributed by atoms with E-state index in [-0.39, 0.29) is 23.7 Å². The van der Waals surface area contributed by atoms with Gasteiger partial charge in [0.15, 0.2) is 11.7 Å². The maximum atomic E-state index is 13.6. The molecule has 146 valence electrons. The van der Waals surface area contributed by atoms with Gasteiger partial charge >= 0.3 is 6.18 Å². The quantitative estimate of drug-likeness (QED) is 0.594. The number of carbonyl (C=O) groups is 1. The van der Waals surface area contributed by atoms with E-state index in [0.717, 1.165) is 9.56 Å². The predicted molar refractivity (Wildman–Crippen MR) is 98.7 cm³/mol. The summed E-state index contributed by atoms with van der Waals surface area (Å²) in [6.07, 6.45) is -4.72. The Morgan fingerprint density at radius 3 is 2.79 bits per heavy atom. The lowest BCUT2D eigenvalue weighted by atomic mass is 10.0. The van der Waals surface area contributed by atoms with Gasteiger partial charge in [-0.2, -0.15) is 18.3 Å². The lowest BCUT2D eigenvalue weighted by Gasteiger charge is -2.32. The van der Waals surface area contributed by atoms with E-state index >= 15 is 0 Å². The zero-order valence-electron chi connectivity index (χ0n) is 14.3. The fourth-order valence-electron chi connectivity index (χ4n) is 3.14. The van der Waals surface area contributed by atoms with Gasteiger partial charge in [0.2, 0.25) is 0 Å². The van der Waals surface area contributed by atoms with Gasteiger partial charge in [-0.15, -0.1) is 11.3 Å². The number of alkyl halides is 3. The zero-order chi connectivity index (χ0) is 19.9. The maximum absolute atomic E-state index is 13.6. The summed E-state index contributed by atoms with van der Waals surface area (Å²) in [5.74, 6) is -0.574. The highest BCUT2D eigenvalue weighted by Crippen LogP contribution is 2.44. The van der Waals surface area contributed by atoms with Gasteiger partial charge in [0.05, 0.1) is 6.04 Å². The molecule has 0 saturated heterocycles. The number of nitrogens with one attached hydrogen (secondary N) is 2. The molecular weight excluding hydrogens is 393 g/mol. The fraction of sp³-hybridized carbons (Fsp3) is 0.222. The summed E-state index contributed by atoms with van der Waals surface area (Å²) in [6, 6.07) is 8.37. The Balaban J connectivity index is 1.64. The standard InChI is InChI=1S/C18H15F3N4O2S/c19-18(20,21)15-8-12(14-5-2-6-28-14)23-16-9-13(24-25(15)16)17(27)22-10-3-1-4-11(26)7-10/h1-7,9,12,15,23,26H,8H2,(H,22,27)/t12-,15+/m1/s1. The van der Waals surface area contributed by atoms with Crippen molar-refractivity contribution in [3.63, 3.8) is 0 Å². The van der Waals surface area contributed by atoms with Crippen LogP contribution in [0, 0.1) is 0 Å². The van der Waals surface area contributed by atoms with E-state index in [0.29, 0.717) is 5.69 Å². The maximum Gasteiger partial charge on any atom is 0.410 e. The molecule has 0 aliphatic carbocycles. The van der Waals surface area contributed by atoms with Crippen molar-refractivity contribution in [1.82, 2.24) is 9.78 Å². The van der Waals surface area contributed by atoms with Crippen LogP contribution in [-0.2, 0) is 0 Å². The van der Waals surface area contributed by atoms with Gasteiger partial charge in [-0.3, -0.25) is 4.79 Å². The molecule has 1 amide bonds. The number of aromatic nitrogens is 2. The second kappa shape index (κ2) is 6.86. The molecule has 0 bridgehead atoms. The fourth-order valence-corrected chi connectivity index (χ4v) is 3.93. The molecule has 0 unspecified atom stereocenters. The van der Waals surface area contributed by atoms with Crippen molar-refractivity contribution >= 4 is 28.7 Å². The first-order valence-corrected chi connectivity index (χ1v) is 9.26. The summed E-state index contributed by atoms with van der Waals surface area (Å²) >= 11 is 1.37. The summed E-state index contributed by atoms with van der Waals surface area (Å²) in [7, 11) is 0. The summed E-state index contributed by atoms with van der Waals surface area (Å²) in [6.45, 7) is 0. The third-order valence-electron chi connectivity index (χ3n) is 4.41. The van der Waals surface area contributed by atoms with Crippen molar-refractivity contribution in [1.29, 1.82) is 0 Å². The molecule has 2 atom stereocenters. The van der Waals surface area contributed by atoms with Crippen LogP contribution in [0.5, 0.6) is 5.75 Å². The molecule has 1 aromatic carbocycles. The molecule has 6 nitrogen and oxygen atoms in total. The van der Waals surface area contributed by atoms with Crippen LogP contribution < -0.4 is 10.6 Å². The van der Waals surface area contributed by atoms with E-state index in [2.05, 4.69) is 15.7 Å². The van der Waals surface area contributed by atoms with Gasteiger partial charge in [-0.25, -0.2) is 4.68 Å². The monoisotopic (exact) mass is 408 g/mol. The topological polar surface area (TPSA) is 79.2 Å². The lowest BCUT2D eigenvalue weighted by Crippen LogP contribution is -2.35. The molecule has 0 fully saturated rings. The van der Waals surface area contributed by atoms with Gasteiger partial charge in [0, 0.05) is 29.1 Å². The van der Waals surface area contributed by atoms with E-state index in [1.54, 1.807) is 23.6 Å². The average Bonchev–Trinajstić information content (AvgIpc) is 3.29. The van der Waals surface area contributed by atoms with Crippen LogP contribution in [0.4, 0.5) is 24.7 Å².